The quantitative estimate of drug-likeness (QED) is 0.270. The van der Waals surface area contributed by atoms with Crippen LogP contribution >= 0.6 is 0 Å². The van der Waals surface area contributed by atoms with Gasteiger partial charge < -0.3 is 29.9 Å². The molecule has 4 aliphatic carbocycles. The summed E-state index contributed by atoms with van der Waals surface area (Å²) in [4.78, 5) is 23.2. The summed E-state index contributed by atoms with van der Waals surface area (Å²) in [5.74, 6) is -0.434. The van der Waals surface area contributed by atoms with Crippen LogP contribution in [-0.2, 0) is 9.47 Å². The Hall–Kier alpha value is -4.04. The van der Waals surface area contributed by atoms with Gasteiger partial charge in [0.2, 0.25) is 11.8 Å². The van der Waals surface area contributed by atoms with Gasteiger partial charge >= 0.3 is 0 Å². The number of hydrogen-bond donors (Lipinski definition) is 2. The molecule has 2 aromatic rings. The molecular weight excluding hydrogens is 676 g/mol. The van der Waals surface area contributed by atoms with Gasteiger partial charge in [0, 0.05) is 87.2 Å². The van der Waals surface area contributed by atoms with Gasteiger partial charge in [-0.15, -0.1) is 0 Å². The summed E-state index contributed by atoms with van der Waals surface area (Å²) in [5.41, 5.74) is 2.16. The summed E-state index contributed by atoms with van der Waals surface area (Å²) in [7, 11) is 0. The zero-order chi connectivity index (χ0) is 36.0. The second-order valence-electron chi connectivity index (χ2n) is 14.3. The molecule has 2 aliphatic heterocycles. The van der Waals surface area contributed by atoms with Crippen molar-refractivity contribution in [3.63, 3.8) is 0 Å². The number of rotatable bonds is 8. The molecule has 4 heterocycles. The van der Waals surface area contributed by atoms with E-state index in [0.717, 1.165) is 73.4 Å². The number of anilines is 4. The highest BCUT2D eigenvalue weighted by Crippen LogP contribution is 2.36. The van der Waals surface area contributed by atoms with E-state index in [2.05, 4.69) is 42.6 Å². The van der Waals surface area contributed by atoms with Crippen molar-refractivity contribution in [2.24, 2.45) is 0 Å². The van der Waals surface area contributed by atoms with Crippen molar-refractivity contribution >= 4 is 34.4 Å². The zero-order valence-electron chi connectivity index (χ0n) is 29.5. The molecule has 10 nitrogen and oxygen atoms in total. The van der Waals surface area contributed by atoms with Crippen LogP contribution in [0.25, 0.3) is 11.1 Å². The van der Waals surface area contributed by atoms with Crippen LogP contribution in [0.1, 0.15) is 75.9 Å². The Morgan fingerprint density at radius 3 is 1.31 bits per heavy atom. The van der Waals surface area contributed by atoms with E-state index in [1.807, 2.05) is 36.4 Å². The van der Waals surface area contributed by atoms with Crippen LogP contribution in [0.4, 0.5) is 40.8 Å². The van der Waals surface area contributed by atoms with Gasteiger partial charge in [-0.1, -0.05) is 36.5 Å². The average molecular weight is 725 g/mol. The number of nitrogens with zero attached hydrogens (tertiary/aromatic N) is 6. The van der Waals surface area contributed by atoms with Gasteiger partial charge in [0.05, 0.1) is 26.4 Å². The van der Waals surface area contributed by atoms with Crippen LogP contribution in [-0.4, -0.2) is 96.5 Å². The molecule has 2 aromatic heterocycles. The molecule has 0 radical (unpaired) electrons. The Morgan fingerprint density at radius 1 is 0.577 bits per heavy atom. The van der Waals surface area contributed by atoms with Crippen LogP contribution in [0.3, 0.4) is 0 Å². The fourth-order valence-electron chi connectivity index (χ4n) is 7.23. The highest BCUT2D eigenvalue weighted by atomic mass is 19.3. The summed E-state index contributed by atoms with van der Waals surface area (Å²) in [6, 6.07) is 3.94. The summed E-state index contributed by atoms with van der Waals surface area (Å²) >= 11 is 0. The molecule has 0 unspecified atom stereocenters. The Morgan fingerprint density at radius 2 is 0.962 bits per heavy atom. The topological polar surface area (TPSA) is 101 Å². The Balaban J connectivity index is 0.000000162. The van der Waals surface area contributed by atoms with Crippen molar-refractivity contribution < 1.29 is 27.0 Å². The van der Waals surface area contributed by atoms with E-state index < -0.39 is 11.8 Å². The summed E-state index contributed by atoms with van der Waals surface area (Å²) in [6.45, 7) is 5.92. The molecule has 6 aliphatic rings. The number of nitrogens with one attached hydrogen (secondary N) is 2. The van der Waals surface area contributed by atoms with Crippen molar-refractivity contribution in [2.75, 3.05) is 73.0 Å². The summed E-state index contributed by atoms with van der Waals surface area (Å²) < 4.78 is 64.5. The lowest BCUT2D eigenvalue weighted by atomic mass is 9.92. The molecule has 4 fully saturated rings. The minimum absolute atomic E-state index is 0.0330. The highest BCUT2D eigenvalue weighted by molar-refractivity contribution is 5.69. The normalized spacial score (nSPS) is 23.2. The van der Waals surface area contributed by atoms with E-state index in [9.17, 15) is 17.6 Å². The molecule has 2 saturated carbocycles. The van der Waals surface area contributed by atoms with Gasteiger partial charge in [-0.25, -0.2) is 37.5 Å². The first kappa shape index (κ1) is 36.3. The van der Waals surface area contributed by atoms with Crippen LogP contribution in [0.5, 0.6) is 0 Å². The fourth-order valence-corrected chi connectivity index (χ4v) is 7.23. The van der Waals surface area contributed by atoms with Crippen molar-refractivity contribution in [3.05, 3.63) is 60.2 Å². The lowest BCUT2D eigenvalue weighted by Gasteiger charge is -2.30. The molecule has 0 atom stereocenters. The largest absolute Gasteiger partial charge is 0.378 e. The highest BCUT2D eigenvalue weighted by Gasteiger charge is 2.36. The maximum absolute atomic E-state index is 13.4. The molecule has 8 rings (SSSR count). The van der Waals surface area contributed by atoms with E-state index in [1.165, 1.54) is 0 Å². The van der Waals surface area contributed by atoms with Crippen LogP contribution in [0.15, 0.2) is 48.6 Å². The van der Waals surface area contributed by atoms with Gasteiger partial charge in [-0.3, -0.25) is 0 Å². The average Bonchev–Trinajstić information content (AvgIpc) is 3.91. The van der Waals surface area contributed by atoms with Gasteiger partial charge in [0.25, 0.3) is 0 Å². The third kappa shape index (κ3) is 9.68. The number of hydrogen-bond acceptors (Lipinski definition) is 10. The Bertz CT molecular complexity index is 1530. The van der Waals surface area contributed by atoms with E-state index in [0.29, 0.717) is 63.8 Å². The monoisotopic (exact) mass is 724 g/mol. The van der Waals surface area contributed by atoms with Gasteiger partial charge in [-0.2, -0.15) is 0 Å². The van der Waals surface area contributed by atoms with Crippen molar-refractivity contribution in [2.45, 2.75) is 88.1 Å². The minimum atomic E-state index is -2.52. The van der Waals surface area contributed by atoms with Crippen LogP contribution < -0.4 is 20.4 Å². The Kier molecular flexibility index (Phi) is 11.4. The first-order valence-corrected chi connectivity index (χ1v) is 18.6. The predicted molar refractivity (Wildman–Crippen MR) is 195 cm³/mol. The van der Waals surface area contributed by atoms with Crippen molar-refractivity contribution in [1.29, 1.82) is 0 Å². The predicted octanol–water partition coefficient (Wildman–Crippen LogP) is 7.29. The SMILES string of the molecule is FC1(F)CCC(Nc2cc(N3CCOCC3)nc(C3=CC=CC3)n2)CC1.FC1(F)CCC(Nc2cc(N3CCOCC3)nc(C3=CC=CC3)n2)CC1. The molecule has 0 spiro atoms. The molecule has 14 heteroatoms. The zero-order valence-corrected chi connectivity index (χ0v) is 29.5. The number of ether oxygens (including phenoxy) is 2. The lowest BCUT2D eigenvalue weighted by molar-refractivity contribution is -0.0366. The number of halogens is 4. The minimum Gasteiger partial charge on any atom is -0.378 e. The van der Waals surface area contributed by atoms with E-state index in [-0.39, 0.29) is 37.8 Å². The molecule has 52 heavy (non-hydrogen) atoms. The van der Waals surface area contributed by atoms with Gasteiger partial charge in [0.1, 0.15) is 23.3 Å². The third-order valence-electron chi connectivity index (χ3n) is 10.4. The number of morpholine rings is 2. The molecule has 0 bridgehead atoms. The number of alkyl halides is 4. The van der Waals surface area contributed by atoms with Crippen LogP contribution in [0.2, 0.25) is 0 Å². The molecule has 2 N–H and O–H groups in total. The molecule has 2 saturated heterocycles. The first-order chi connectivity index (χ1) is 25.2. The lowest BCUT2D eigenvalue weighted by Crippen LogP contribution is -2.37. The summed E-state index contributed by atoms with van der Waals surface area (Å²) in [5, 5.41) is 6.74. The molecule has 0 amide bonds. The maximum Gasteiger partial charge on any atom is 0.248 e. The molecule has 0 aromatic carbocycles. The molecule has 280 valence electrons. The van der Waals surface area contributed by atoms with E-state index in [4.69, 9.17) is 19.4 Å². The summed E-state index contributed by atoms with van der Waals surface area (Å²) in [6.07, 6.45) is 15.5. The van der Waals surface area contributed by atoms with Crippen molar-refractivity contribution in [3.8, 4) is 0 Å². The standard InChI is InChI=1S/2C19H24F2N4O/c2*20-19(21)7-5-15(6-8-19)22-16-13-17(25-9-11-26-12-10-25)24-18(23-16)14-3-1-2-4-14/h2*1-3,13,15H,4-12H2,(H,22,23,24). The Labute approximate surface area is 302 Å². The van der Waals surface area contributed by atoms with E-state index >= 15 is 0 Å². The second-order valence-corrected chi connectivity index (χ2v) is 14.3. The van der Waals surface area contributed by atoms with Crippen molar-refractivity contribution in [1.82, 2.24) is 19.9 Å². The fraction of sp³-hybridized carbons (Fsp3) is 0.579. The smallest absolute Gasteiger partial charge is 0.248 e. The number of aromatic nitrogens is 4. The van der Waals surface area contributed by atoms with Gasteiger partial charge in [-0.05, 0) is 38.5 Å². The third-order valence-corrected chi connectivity index (χ3v) is 10.4. The first-order valence-electron chi connectivity index (χ1n) is 18.6. The van der Waals surface area contributed by atoms with Gasteiger partial charge in [0.15, 0.2) is 11.6 Å². The molecular formula is C38H48F4N8O2. The second kappa shape index (κ2) is 16.3. The van der Waals surface area contributed by atoms with Crippen LogP contribution in [0, 0.1) is 0 Å². The number of allylic oxidation sites excluding steroid dienone is 8. The van der Waals surface area contributed by atoms with E-state index in [1.54, 1.807) is 0 Å². The maximum atomic E-state index is 13.4.